The minimum atomic E-state index is -4.50. The van der Waals surface area contributed by atoms with Gasteiger partial charge >= 0.3 is 6.18 Å². The number of unbranched alkanes of at least 4 members (excludes halogenated alkanes) is 2. The number of hydrogen-bond acceptors (Lipinski definition) is 4. The van der Waals surface area contributed by atoms with Gasteiger partial charge in [0.25, 0.3) is 16.0 Å². The SMILES string of the molecule is CCCCCC(Cc1ccc(C(=O)NCCS(=O)(=O)O)cc1)C(=O)c1cc2cc(Cl)ccc2n1-c1ccc(C(F)(F)F)cc1. The van der Waals surface area contributed by atoms with Crippen LogP contribution >= 0.6 is 11.6 Å². The molecule has 1 unspecified atom stereocenters. The first-order chi connectivity index (χ1) is 20.8. The third-order valence-electron chi connectivity index (χ3n) is 7.34. The molecule has 0 aliphatic carbocycles. The van der Waals surface area contributed by atoms with Crippen LogP contribution in [0.1, 0.15) is 64.6 Å². The van der Waals surface area contributed by atoms with Gasteiger partial charge in [-0.3, -0.25) is 14.1 Å². The number of fused-ring (bicyclic) bond motifs is 1. The van der Waals surface area contributed by atoms with E-state index < -0.39 is 39.4 Å². The molecule has 234 valence electrons. The molecule has 0 saturated heterocycles. The average molecular weight is 649 g/mol. The van der Waals surface area contributed by atoms with E-state index in [1.807, 2.05) is 0 Å². The molecule has 0 spiro atoms. The molecule has 0 radical (unpaired) electrons. The van der Waals surface area contributed by atoms with E-state index in [4.69, 9.17) is 16.2 Å². The number of nitrogens with zero attached hydrogens (tertiary/aromatic N) is 1. The maximum atomic E-state index is 14.2. The number of carbonyl (C=O) groups excluding carboxylic acids is 2. The molecular weight excluding hydrogens is 617 g/mol. The molecule has 2 N–H and O–H groups in total. The second-order valence-electron chi connectivity index (χ2n) is 10.6. The molecular formula is C32H32ClF3N2O5S. The van der Waals surface area contributed by atoms with Gasteiger partial charge in [-0.1, -0.05) is 49.9 Å². The number of aromatic nitrogens is 1. The van der Waals surface area contributed by atoms with Gasteiger partial charge in [-0.2, -0.15) is 21.6 Å². The summed E-state index contributed by atoms with van der Waals surface area (Å²) in [5, 5.41) is 3.57. The first-order valence-corrected chi connectivity index (χ1v) is 16.1. The van der Waals surface area contributed by atoms with Crippen LogP contribution in [-0.2, 0) is 22.7 Å². The van der Waals surface area contributed by atoms with Crippen LogP contribution in [0.5, 0.6) is 0 Å². The Kier molecular flexibility index (Phi) is 10.5. The lowest BCUT2D eigenvalue weighted by atomic mass is 9.88. The van der Waals surface area contributed by atoms with Crippen LogP contribution in [0.25, 0.3) is 16.6 Å². The summed E-state index contributed by atoms with van der Waals surface area (Å²) in [4.78, 5) is 26.6. The second-order valence-corrected chi connectivity index (χ2v) is 12.6. The number of Topliss-reactive ketones (excluding diaryl/α,β-unsaturated/α-hetero) is 1. The van der Waals surface area contributed by atoms with E-state index >= 15 is 0 Å². The van der Waals surface area contributed by atoms with Crippen molar-refractivity contribution in [3.63, 3.8) is 0 Å². The minimum absolute atomic E-state index is 0.166. The van der Waals surface area contributed by atoms with Gasteiger partial charge in [-0.25, -0.2) is 0 Å². The monoisotopic (exact) mass is 648 g/mol. The molecule has 1 heterocycles. The fourth-order valence-corrected chi connectivity index (χ4v) is 5.63. The van der Waals surface area contributed by atoms with Crippen molar-refractivity contribution >= 4 is 44.3 Å². The van der Waals surface area contributed by atoms with Crippen molar-refractivity contribution in [2.24, 2.45) is 5.92 Å². The number of carbonyl (C=O) groups is 2. The van der Waals surface area contributed by atoms with E-state index in [2.05, 4.69) is 12.2 Å². The first kappa shape index (κ1) is 33.2. The third kappa shape index (κ3) is 8.49. The smallest absolute Gasteiger partial charge is 0.351 e. The molecule has 0 aliphatic rings. The van der Waals surface area contributed by atoms with E-state index in [1.165, 1.54) is 12.1 Å². The standard InChI is InChI=1S/C32H32ClF3N2O5S/c1-2-3-4-5-23(18-21-6-8-22(9-7-21)31(40)37-16-17-44(41,42)43)30(39)29-20-24-19-26(33)12-15-28(24)38(29)27-13-10-25(11-14-27)32(34,35)36/h6-15,19-20,23H,2-5,16-18H2,1H3,(H,37,40)(H,41,42,43). The van der Waals surface area contributed by atoms with Gasteiger partial charge in [-0.15, -0.1) is 0 Å². The van der Waals surface area contributed by atoms with Crippen molar-refractivity contribution in [1.29, 1.82) is 0 Å². The zero-order valence-corrected chi connectivity index (χ0v) is 25.5. The third-order valence-corrected chi connectivity index (χ3v) is 8.29. The quantitative estimate of drug-likeness (QED) is 0.0885. The summed E-state index contributed by atoms with van der Waals surface area (Å²) >= 11 is 6.23. The molecule has 7 nitrogen and oxygen atoms in total. The molecule has 0 aliphatic heterocycles. The topological polar surface area (TPSA) is 105 Å². The summed E-state index contributed by atoms with van der Waals surface area (Å²) < 4.78 is 72.1. The summed E-state index contributed by atoms with van der Waals surface area (Å²) in [5.41, 5.74) is 1.68. The number of nitrogens with one attached hydrogen (secondary N) is 1. The summed E-state index contributed by atoms with van der Waals surface area (Å²) in [5.74, 6) is -1.73. The lowest BCUT2D eigenvalue weighted by molar-refractivity contribution is -0.137. The highest BCUT2D eigenvalue weighted by Crippen LogP contribution is 2.33. The zero-order chi connectivity index (χ0) is 32.1. The van der Waals surface area contributed by atoms with Gasteiger partial charge in [0.05, 0.1) is 22.5 Å². The van der Waals surface area contributed by atoms with Crippen LogP contribution in [0.3, 0.4) is 0 Å². The minimum Gasteiger partial charge on any atom is -0.351 e. The van der Waals surface area contributed by atoms with Crippen LogP contribution in [0.4, 0.5) is 13.2 Å². The summed E-state index contributed by atoms with van der Waals surface area (Å²) in [6.07, 6.45) is -0.878. The maximum Gasteiger partial charge on any atom is 0.416 e. The molecule has 0 bridgehead atoms. The summed E-state index contributed by atoms with van der Waals surface area (Å²) in [6, 6.07) is 18.1. The van der Waals surface area contributed by atoms with Crippen molar-refractivity contribution in [2.75, 3.05) is 12.3 Å². The number of amides is 1. The number of ketones is 1. The van der Waals surface area contributed by atoms with Gasteiger partial charge in [0.1, 0.15) is 0 Å². The van der Waals surface area contributed by atoms with Gasteiger partial charge in [-0.05, 0) is 79.1 Å². The predicted molar refractivity (Wildman–Crippen MR) is 164 cm³/mol. The van der Waals surface area contributed by atoms with Crippen molar-refractivity contribution in [2.45, 2.75) is 45.2 Å². The molecule has 4 aromatic rings. The van der Waals surface area contributed by atoms with Gasteiger partial charge < -0.3 is 9.88 Å². The molecule has 4 rings (SSSR count). The average Bonchev–Trinajstić information content (AvgIpc) is 3.34. The van der Waals surface area contributed by atoms with Crippen molar-refractivity contribution in [1.82, 2.24) is 9.88 Å². The van der Waals surface area contributed by atoms with Gasteiger partial charge in [0, 0.05) is 34.1 Å². The van der Waals surface area contributed by atoms with Crippen LogP contribution in [-0.4, -0.2) is 41.5 Å². The van der Waals surface area contributed by atoms with E-state index in [1.54, 1.807) is 53.1 Å². The Morgan fingerprint density at radius 2 is 1.66 bits per heavy atom. The predicted octanol–water partition coefficient (Wildman–Crippen LogP) is 7.54. The fourth-order valence-electron chi connectivity index (χ4n) is 5.09. The Morgan fingerprint density at radius 3 is 2.27 bits per heavy atom. The van der Waals surface area contributed by atoms with E-state index in [0.29, 0.717) is 40.1 Å². The van der Waals surface area contributed by atoms with Crippen LogP contribution in [0.2, 0.25) is 5.02 Å². The molecule has 3 aromatic carbocycles. The highest BCUT2D eigenvalue weighted by molar-refractivity contribution is 7.85. The Bertz CT molecular complexity index is 1730. The molecule has 12 heteroatoms. The number of benzene rings is 3. The number of rotatable bonds is 13. The largest absolute Gasteiger partial charge is 0.416 e. The van der Waals surface area contributed by atoms with Crippen molar-refractivity contribution in [3.05, 3.63) is 100 Å². The molecule has 1 atom stereocenters. The van der Waals surface area contributed by atoms with Crippen molar-refractivity contribution in [3.8, 4) is 5.69 Å². The Morgan fingerprint density at radius 1 is 0.977 bits per heavy atom. The van der Waals surface area contributed by atoms with Gasteiger partial charge in [0.2, 0.25) is 0 Å². The van der Waals surface area contributed by atoms with Crippen LogP contribution in [0.15, 0.2) is 72.8 Å². The summed E-state index contributed by atoms with van der Waals surface area (Å²) in [7, 11) is -4.20. The highest BCUT2D eigenvalue weighted by Gasteiger charge is 2.31. The number of halogens is 4. The lowest BCUT2D eigenvalue weighted by Gasteiger charge is -2.19. The van der Waals surface area contributed by atoms with Crippen molar-refractivity contribution < 1.29 is 35.7 Å². The normalized spacial score (nSPS) is 12.8. The van der Waals surface area contributed by atoms with E-state index in [9.17, 15) is 31.2 Å². The molecule has 1 aromatic heterocycles. The zero-order valence-electron chi connectivity index (χ0n) is 23.9. The molecule has 44 heavy (non-hydrogen) atoms. The summed E-state index contributed by atoms with van der Waals surface area (Å²) in [6.45, 7) is 1.81. The Labute approximate surface area is 258 Å². The molecule has 1 amide bonds. The fraction of sp³-hybridized carbons (Fsp3) is 0.312. The van der Waals surface area contributed by atoms with E-state index in [0.717, 1.165) is 37.0 Å². The van der Waals surface area contributed by atoms with E-state index in [-0.39, 0.29) is 17.9 Å². The second kappa shape index (κ2) is 14.0. The number of hydrogen-bond donors (Lipinski definition) is 2. The highest BCUT2D eigenvalue weighted by atomic mass is 35.5. The van der Waals surface area contributed by atoms with Gasteiger partial charge in [0.15, 0.2) is 5.78 Å². The maximum absolute atomic E-state index is 14.2. The molecule has 0 fully saturated rings. The van der Waals surface area contributed by atoms with Crippen LogP contribution in [0, 0.1) is 5.92 Å². The molecule has 0 saturated carbocycles. The first-order valence-electron chi connectivity index (χ1n) is 14.1. The number of alkyl halides is 3. The Hall–Kier alpha value is -3.67. The Balaban J connectivity index is 1.64. The van der Waals surface area contributed by atoms with Crippen LogP contribution < -0.4 is 5.32 Å². The lowest BCUT2D eigenvalue weighted by Crippen LogP contribution is -2.28.